The summed E-state index contributed by atoms with van der Waals surface area (Å²) in [4.78, 5) is 157. The number of methoxy groups -OCH3 is 1. The molecule has 1 saturated heterocycles. The Kier molecular flexibility index (Phi) is 41.4. The molecule has 0 bridgehead atoms. The van der Waals surface area contributed by atoms with Crippen molar-refractivity contribution in [2.24, 2.45) is 77.9 Å². The van der Waals surface area contributed by atoms with E-state index in [0.29, 0.717) is 64.6 Å². The van der Waals surface area contributed by atoms with Crippen LogP contribution in [0.15, 0.2) is 122 Å². The van der Waals surface area contributed by atoms with E-state index in [-0.39, 0.29) is 162 Å². The number of amides is 6. The minimum absolute atomic E-state index is 0.0309. The number of Topliss-reactive ketones (excluding diaryl/α,β-unsaturated/α-hetero) is 3. The Bertz CT molecular complexity index is 4540. The van der Waals surface area contributed by atoms with Gasteiger partial charge >= 0.3 is 5.97 Å². The Morgan fingerprint density at radius 1 is 0.683 bits per heavy atom. The highest BCUT2D eigenvalue weighted by Gasteiger charge is 2.46. The van der Waals surface area contributed by atoms with E-state index in [1.807, 2.05) is 69.3 Å². The van der Waals surface area contributed by atoms with E-state index < -0.39 is 111 Å². The van der Waals surface area contributed by atoms with Gasteiger partial charge in [-0.3, -0.25) is 77.4 Å². The second kappa shape index (κ2) is 50.3. The van der Waals surface area contributed by atoms with Crippen LogP contribution in [0.5, 0.6) is 0 Å². The summed E-state index contributed by atoms with van der Waals surface area (Å²) in [7, 11) is -2.97. The predicted octanol–water partition coefficient (Wildman–Crippen LogP) is 6.15. The molecule has 3 aromatic rings. The number of nitrogens with one attached hydrogen (secondary N) is 3. The maximum Gasteiger partial charge on any atom is 0.305 e. The van der Waals surface area contributed by atoms with Gasteiger partial charge in [0, 0.05) is 168 Å². The minimum atomic E-state index is -4.50. The number of aliphatic imine (C=N–C) groups is 4. The van der Waals surface area contributed by atoms with E-state index in [9.17, 15) is 60.9 Å². The summed E-state index contributed by atoms with van der Waals surface area (Å²) in [6.45, 7) is 18.4. The molecule has 18 N–H and O–H groups in total. The number of guanidine groups is 3. The highest BCUT2D eigenvalue weighted by molar-refractivity contribution is 8.00. The number of carbonyl (C=O) groups is 10. The number of unbranched alkanes of at least 4 members (excludes halogenated alkanes) is 3. The molecule has 0 aliphatic carbocycles. The van der Waals surface area contributed by atoms with Crippen LogP contribution in [0.3, 0.4) is 0 Å². The van der Waals surface area contributed by atoms with Crippen LogP contribution in [0.4, 0.5) is 11.4 Å². The Labute approximate surface area is 727 Å². The summed E-state index contributed by atoms with van der Waals surface area (Å²) >= 11 is 0.974. The first kappa shape index (κ1) is 101. The maximum absolute atomic E-state index is 14.8. The normalized spacial score (nSPS) is 16.4. The third kappa shape index (κ3) is 32.6. The Morgan fingerprint density at radius 2 is 1.34 bits per heavy atom. The number of primary amides is 1. The monoisotopic (exact) mass is 1740 g/mol. The molecule has 674 valence electrons. The van der Waals surface area contributed by atoms with Gasteiger partial charge in [0.15, 0.2) is 40.9 Å². The number of carbonyl (C=O) groups excluding carboxylic acids is 10. The van der Waals surface area contributed by atoms with Gasteiger partial charge in [-0.2, -0.15) is 13.0 Å². The molecular formula is C88H130N17O16S2+. The first-order chi connectivity index (χ1) is 58.4. The number of anilines is 1. The van der Waals surface area contributed by atoms with Crippen LogP contribution >= 0.6 is 11.8 Å². The van der Waals surface area contributed by atoms with Crippen LogP contribution < -0.4 is 61.0 Å². The molecule has 0 radical (unpaired) electrons. The summed E-state index contributed by atoms with van der Waals surface area (Å²) < 4.78 is 52.7. The molecule has 6 amide bonds. The molecule has 33 nitrogen and oxygen atoms in total. The molecule has 1 fully saturated rings. The number of likely N-dealkylation sites (N-methyl/N-ethyl adjacent to an activating group) is 1. The number of hydrogen-bond acceptors (Lipinski definition) is 21. The van der Waals surface area contributed by atoms with E-state index in [4.69, 9.17) is 54.3 Å². The summed E-state index contributed by atoms with van der Waals surface area (Å²) in [5.74, 6) is -8.22. The predicted molar refractivity (Wildman–Crippen MR) is 479 cm³/mol. The number of esters is 1. The van der Waals surface area contributed by atoms with Crippen molar-refractivity contribution in [3.63, 3.8) is 0 Å². The van der Waals surface area contributed by atoms with E-state index in [0.717, 1.165) is 57.0 Å². The molecule has 1 unspecified atom stereocenters. The van der Waals surface area contributed by atoms with Crippen molar-refractivity contribution in [1.29, 1.82) is 0 Å². The van der Waals surface area contributed by atoms with Crippen molar-refractivity contribution in [3.05, 3.63) is 125 Å². The van der Waals surface area contributed by atoms with E-state index in [1.165, 1.54) is 41.8 Å². The molecule has 0 spiro atoms. The summed E-state index contributed by atoms with van der Waals surface area (Å²) in [5.41, 5.74) is 48.0. The van der Waals surface area contributed by atoms with Gasteiger partial charge < -0.3 is 75.2 Å². The lowest BCUT2D eigenvalue weighted by Crippen LogP contribution is -2.48. The standard InChI is InChI=1S/C88H129N17O16S2/c1-10-103-70-37-31-57(2)49-66(70)87(5,6)75(103)27-13-11-14-28-76-88(7,8)67-53-65(123(116,117)118)36-38-71(67)104(76)44-18-12-15-29-77(109)97-43-45-105-78(110)54-74(83(105)115)122-56-69(102-82(114)62(24-20-41-99-85(92)93)52-73(108)68(25-21-42-100-86(94)95)101-81(113)58(3)23-19-40-98-84(90)91)72(107)26-22-46-120-55-64(106)51-63(80(89)112)50-60-32-34-61(35-33-60)59(4)96-39-17-16-30-79(111)121-48-47-119-9/h11,13-14,27-28,31-38,49,53,58,62-63,68-69,74H,10,12,15-26,29-30,39-48,50-52,54-56H2,1-9H3,(H17-,89,90,91,92,93,94,95,97,98,99,100,101,102,109,112,113,114,116,117,118)/p+1/t58-,62+,63-,68-,69-,74?/m1/s1. The number of thioether (sulfide) groups is 1. The number of imide groups is 1. The van der Waals surface area contributed by atoms with Crippen molar-refractivity contribution >= 4 is 121 Å². The number of allylic oxidation sites excluding steroid dienone is 6. The third-order valence-corrected chi connectivity index (χ3v) is 24.1. The summed E-state index contributed by atoms with van der Waals surface area (Å²) in [6.07, 6.45) is 14.1. The Balaban J connectivity index is 1.09. The number of hydrogen-bond donors (Lipinski definition) is 11. The van der Waals surface area contributed by atoms with Crippen molar-refractivity contribution in [1.82, 2.24) is 20.9 Å². The smallest absolute Gasteiger partial charge is 0.305 e. The lowest BCUT2D eigenvalue weighted by Gasteiger charge is -2.25. The minimum Gasteiger partial charge on any atom is -0.463 e. The van der Waals surface area contributed by atoms with Crippen LogP contribution in [0.1, 0.15) is 192 Å². The van der Waals surface area contributed by atoms with Crippen LogP contribution in [-0.4, -0.2) is 219 Å². The molecule has 3 aliphatic heterocycles. The van der Waals surface area contributed by atoms with Gasteiger partial charge in [0.05, 0.1) is 34.3 Å². The zero-order chi connectivity index (χ0) is 90.6. The average molecular weight is 1750 g/mol. The lowest BCUT2D eigenvalue weighted by atomic mass is 9.81. The number of nitrogens with two attached hydrogens (primary N) is 7. The molecular weight excluding hydrogens is 1620 g/mol. The molecule has 3 heterocycles. The number of likely N-dealkylation sites (tertiary alicyclic amines) is 1. The van der Waals surface area contributed by atoms with Gasteiger partial charge in [0.1, 0.15) is 19.8 Å². The fourth-order valence-corrected chi connectivity index (χ4v) is 16.8. The third-order valence-electron chi connectivity index (χ3n) is 22.0. The second-order valence-corrected chi connectivity index (χ2v) is 35.0. The zero-order valence-corrected chi connectivity index (χ0v) is 74.4. The first-order valence-corrected chi connectivity index (χ1v) is 44.8. The van der Waals surface area contributed by atoms with Gasteiger partial charge in [0.25, 0.3) is 10.1 Å². The Morgan fingerprint density at radius 3 is 2.00 bits per heavy atom. The number of ketones is 3. The SMILES string of the molecule is CCN1C(=CC=CC=CC2=[N+](CCCCCC(=O)NCCN3C(=O)CC(SC[C@@H](NC(=O)[C@@H](CCCN=C(N)N)CC(=O)[C@@H](CCCN=C(N)N)NC(=O)[C@H](C)CCCN=C(N)N)C(=O)CCCOCC(=O)C[C@@H](Cc4ccc(C(C)=NCCCCC(=O)OCCOC)cc4)C(N)=O)C3=O)c3ccc(S(=O)(=O)O)cc3C2(C)C)C(C)(C)c2cc(C)ccc21. The summed E-state index contributed by atoms with van der Waals surface area (Å²) in [5, 5.41) is 7.52. The number of rotatable bonds is 57. The van der Waals surface area contributed by atoms with E-state index >= 15 is 0 Å². The van der Waals surface area contributed by atoms with Gasteiger partial charge in [-0.05, 0) is 153 Å². The maximum atomic E-state index is 14.8. The van der Waals surface area contributed by atoms with E-state index in [2.05, 4.69) is 97.4 Å². The van der Waals surface area contributed by atoms with Crippen molar-refractivity contribution in [2.45, 2.75) is 210 Å². The number of aryl methyl sites for hydroxylation is 1. The molecule has 123 heavy (non-hydrogen) atoms. The molecule has 6 rings (SSSR count). The lowest BCUT2D eigenvalue weighted by molar-refractivity contribution is -0.438. The quantitative estimate of drug-likeness (QED) is 0.00441. The topological polar surface area (TPSA) is 530 Å². The van der Waals surface area contributed by atoms with Gasteiger partial charge in [-0.1, -0.05) is 81.0 Å². The molecule has 3 aliphatic rings. The Hall–Kier alpha value is -10.5. The van der Waals surface area contributed by atoms with Crippen molar-refractivity contribution in [2.75, 3.05) is 96.5 Å². The van der Waals surface area contributed by atoms with E-state index in [1.54, 1.807) is 13.0 Å². The van der Waals surface area contributed by atoms with Gasteiger partial charge in [-0.25, -0.2) is 0 Å². The largest absolute Gasteiger partial charge is 0.463 e. The number of nitrogens with zero attached hydrogens (tertiary/aromatic N) is 7. The highest BCUT2D eigenvalue weighted by atomic mass is 32.2. The molecule has 6 atom stereocenters. The van der Waals surface area contributed by atoms with Crippen LogP contribution in [0.2, 0.25) is 0 Å². The average Bonchev–Trinajstić information content (AvgIpc) is 1.57. The highest BCUT2D eigenvalue weighted by Crippen LogP contribution is 2.48. The van der Waals surface area contributed by atoms with Gasteiger partial charge in [-0.15, -0.1) is 11.8 Å². The molecule has 0 aromatic heterocycles. The molecule has 35 heteroatoms. The fourth-order valence-electron chi connectivity index (χ4n) is 15.0. The van der Waals surface area contributed by atoms with Gasteiger partial charge in [0.2, 0.25) is 41.1 Å². The number of fused-ring (bicyclic) bond motifs is 2. The molecule has 3 aromatic carbocycles. The number of ether oxygens (including phenoxy) is 3. The van der Waals surface area contributed by atoms with Crippen LogP contribution in [0.25, 0.3) is 0 Å². The van der Waals surface area contributed by atoms with Crippen LogP contribution in [-0.2, 0) is 89.5 Å². The zero-order valence-electron chi connectivity index (χ0n) is 72.8. The number of benzene rings is 3. The van der Waals surface area contributed by atoms with Crippen molar-refractivity contribution < 1.29 is 79.7 Å². The fraction of sp³-hybridized carbons (Fsp3) is 0.557. The van der Waals surface area contributed by atoms with Crippen molar-refractivity contribution in [3.8, 4) is 0 Å². The molecule has 0 saturated carbocycles. The second-order valence-electron chi connectivity index (χ2n) is 32.3. The van der Waals surface area contributed by atoms with Crippen LogP contribution in [0, 0.1) is 24.7 Å². The first-order valence-electron chi connectivity index (χ1n) is 42.3. The summed E-state index contributed by atoms with van der Waals surface area (Å²) in [6, 6.07) is 16.1.